The largest absolute Gasteiger partial charge is 0.311 e. The molecule has 7 rings (SSSR count). The van der Waals surface area contributed by atoms with Crippen molar-refractivity contribution < 1.29 is 0 Å². The van der Waals surface area contributed by atoms with Crippen LogP contribution in [0.5, 0.6) is 0 Å². The van der Waals surface area contributed by atoms with Crippen LogP contribution in [0.15, 0.2) is 133 Å². The molecule has 0 aliphatic heterocycles. The summed E-state index contributed by atoms with van der Waals surface area (Å²) in [5.41, 5.74) is 11.0. The van der Waals surface area contributed by atoms with Crippen molar-refractivity contribution in [1.29, 1.82) is 0 Å². The number of halogens is 1. The number of hydrogen-bond donors (Lipinski definition) is 0. The second kappa shape index (κ2) is 9.15. The fourth-order valence-corrected chi connectivity index (χ4v) is 6.36. The second-order valence-corrected chi connectivity index (χ2v) is 11.2. The summed E-state index contributed by atoms with van der Waals surface area (Å²) in [5, 5.41) is 3.35. The van der Waals surface area contributed by atoms with Gasteiger partial charge in [0.1, 0.15) is 0 Å². The van der Waals surface area contributed by atoms with Gasteiger partial charge in [-0.3, -0.25) is 0 Å². The number of rotatable bonds is 4. The molecule has 0 saturated heterocycles. The van der Waals surface area contributed by atoms with Gasteiger partial charge in [0.25, 0.3) is 0 Å². The van der Waals surface area contributed by atoms with Crippen LogP contribution in [0, 0.1) is 0 Å². The molecule has 2 heteroatoms. The Balaban J connectivity index is 1.39. The first-order chi connectivity index (χ1) is 19.0. The van der Waals surface area contributed by atoms with Gasteiger partial charge in [-0.2, -0.15) is 0 Å². The van der Waals surface area contributed by atoms with Gasteiger partial charge in [-0.05, 0) is 98.8 Å². The lowest BCUT2D eigenvalue weighted by Crippen LogP contribution is -2.15. The van der Waals surface area contributed by atoms with Gasteiger partial charge in [0.2, 0.25) is 0 Å². The molecule has 6 aromatic rings. The van der Waals surface area contributed by atoms with Crippen molar-refractivity contribution in [1.82, 2.24) is 0 Å². The maximum absolute atomic E-state index is 6.46. The van der Waals surface area contributed by atoms with Gasteiger partial charge in [0, 0.05) is 27.5 Å². The number of hydrogen-bond acceptors (Lipinski definition) is 1. The van der Waals surface area contributed by atoms with Crippen molar-refractivity contribution in [2.24, 2.45) is 0 Å². The molecule has 1 aliphatic rings. The van der Waals surface area contributed by atoms with Crippen LogP contribution in [0.25, 0.3) is 33.0 Å². The van der Waals surface area contributed by atoms with Crippen LogP contribution < -0.4 is 4.90 Å². The van der Waals surface area contributed by atoms with Gasteiger partial charge in [-0.25, -0.2) is 0 Å². The molecule has 39 heavy (non-hydrogen) atoms. The van der Waals surface area contributed by atoms with Crippen LogP contribution >= 0.6 is 11.6 Å². The molecule has 0 aromatic heterocycles. The van der Waals surface area contributed by atoms with Gasteiger partial charge in [0.15, 0.2) is 0 Å². The van der Waals surface area contributed by atoms with Gasteiger partial charge in [-0.15, -0.1) is 0 Å². The third-order valence-electron chi connectivity index (χ3n) is 8.11. The first-order valence-corrected chi connectivity index (χ1v) is 13.8. The number of fused-ring (bicyclic) bond motifs is 5. The van der Waals surface area contributed by atoms with E-state index in [2.05, 4.69) is 146 Å². The van der Waals surface area contributed by atoms with Crippen molar-refractivity contribution in [3.63, 3.8) is 0 Å². The first kappa shape index (κ1) is 23.8. The highest BCUT2D eigenvalue weighted by atomic mass is 35.5. The second-order valence-electron chi connectivity index (χ2n) is 10.8. The molecule has 1 aliphatic carbocycles. The average molecular weight is 522 g/mol. The molecule has 0 N–H and O–H groups in total. The molecule has 1 nitrogen and oxygen atoms in total. The number of benzene rings is 6. The van der Waals surface area contributed by atoms with E-state index in [1.807, 2.05) is 6.07 Å². The fourth-order valence-electron chi connectivity index (χ4n) is 6.19. The van der Waals surface area contributed by atoms with Gasteiger partial charge >= 0.3 is 0 Å². The summed E-state index contributed by atoms with van der Waals surface area (Å²) in [4.78, 5) is 2.30. The van der Waals surface area contributed by atoms with E-state index < -0.39 is 0 Å². The molecular formula is C37H28ClN. The summed E-state index contributed by atoms with van der Waals surface area (Å²) in [6, 6.07) is 47.6. The predicted octanol–water partition coefficient (Wildman–Crippen LogP) is 10.9. The zero-order valence-electron chi connectivity index (χ0n) is 22.0. The van der Waals surface area contributed by atoms with Crippen LogP contribution in [0.3, 0.4) is 0 Å². The first-order valence-electron chi connectivity index (χ1n) is 13.4. The Morgan fingerprint density at radius 2 is 1.08 bits per heavy atom. The maximum Gasteiger partial charge on any atom is 0.0462 e. The van der Waals surface area contributed by atoms with E-state index in [4.69, 9.17) is 11.6 Å². The van der Waals surface area contributed by atoms with E-state index in [1.165, 1.54) is 44.2 Å². The molecular weight excluding hydrogens is 494 g/mol. The molecule has 0 atom stereocenters. The monoisotopic (exact) mass is 521 g/mol. The van der Waals surface area contributed by atoms with Crippen LogP contribution in [-0.2, 0) is 5.41 Å². The highest BCUT2D eigenvalue weighted by Gasteiger charge is 2.37. The molecule has 0 fully saturated rings. The Labute approximate surface area is 234 Å². The summed E-state index contributed by atoms with van der Waals surface area (Å²) in [7, 11) is 0. The minimum atomic E-state index is -0.133. The van der Waals surface area contributed by atoms with Gasteiger partial charge in [0.05, 0.1) is 0 Å². The normalized spacial score (nSPS) is 13.2. The van der Waals surface area contributed by atoms with Gasteiger partial charge < -0.3 is 4.90 Å². The van der Waals surface area contributed by atoms with Crippen molar-refractivity contribution in [2.75, 3.05) is 4.90 Å². The molecule has 0 amide bonds. The molecule has 188 valence electrons. The quantitative estimate of drug-likeness (QED) is 0.223. The lowest BCUT2D eigenvalue weighted by molar-refractivity contribution is 0.661. The Morgan fingerprint density at radius 1 is 0.513 bits per heavy atom. The standard InChI is InChI=1S/C37H28ClN/c1-37(2)34-23-26(38)19-22-32(34)36-31-16-10-9-15-30(31)33(24-35(36)37)25-17-20-29(21-18-25)39(27-11-5-3-6-12-27)28-13-7-4-8-14-28/h3-24H,1-2H3. The summed E-state index contributed by atoms with van der Waals surface area (Å²) in [6.07, 6.45) is 0. The minimum absolute atomic E-state index is 0.133. The Bertz CT molecular complexity index is 1780. The SMILES string of the molecule is CC1(C)c2cc(Cl)ccc2-c2c1cc(-c1ccc(N(c3ccccc3)c3ccccc3)cc1)c1ccccc21. The molecule has 0 heterocycles. The average Bonchev–Trinajstić information content (AvgIpc) is 3.20. The van der Waals surface area contributed by atoms with Crippen LogP contribution in [0.4, 0.5) is 17.1 Å². The van der Waals surface area contributed by atoms with Crippen LogP contribution in [-0.4, -0.2) is 0 Å². The molecule has 0 spiro atoms. The topological polar surface area (TPSA) is 3.24 Å². The highest BCUT2D eigenvalue weighted by molar-refractivity contribution is 6.31. The van der Waals surface area contributed by atoms with Crippen molar-refractivity contribution in [2.45, 2.75) is 19.3 Å². The fraction of sp³-hybridized carbons (Fsp3) is 0.0811. The van der Waals surface area contributed by atoms with E-state index in [9.17, 15) is 0 Å². The number of anilines is 3. The van der Waals surface area contributed by atoms with Gasteiger partial charge in [-0.1, -0.05) is 104 Å². The maximum atomic E-state index is 6.46. The Morgan fingerprint density at radius 3 is 1.72 bits per heavy atom. The van der Waals surface area contributed by atoms with E-state index in [1.54, 1.807) is 0 Å². The van der Waals surface area contributed by atoms with Crippen LogP contribution in [0.2, 0.25) is 5.02 Å². The third-order valence-corrected chi connectivity index (χ3v) is 8.34. The predicted molar refractivity (Wildman–Crippen MR) is 167 cm³/mol. The summed E-state index contributed by atoms with van der Waals surface area (Å²) >= 11 is 6.46. The zero-order chi connectivity index (χ0) is 26.6. The van der Waals surface area contributed by atoms with E-state index in [0.29, 0.717) is 0 Å². The van der Waals surface area contributed by atoms with Crippen molar-refractivity contribution >= 4 is 39.4 Å². The highest BCUT2D eigenvalue weighted by Crippen LogP contribution is 2.53. The third kappa shape index (κ3) is 3.85. The van der Waals surface area contributed by atoms with Crippen LogP contribution in [0.1, 0.15) is 25.0 Å². The molecule has 0 radical (unpaired) electrons. The van der Waals surface area contributed by atoms with Crippen molar-refractivity contribution in [3.05, 3.63) is 150 Å². The molecule has 0 unspecified atom stereocenters. The minimum Gasteiger partial charge on any atom is -0.311 e. The summed E-state index contributed by atoms with van der Waals surface area (Å²) in [6.45, 7) is 4.63. The lowest BCUT2D eigenvalue weighted by Gasteiger charge is -2.26. The zero-order valence-corrected chi connectivity index (χ0v) is 22.8. The molecule has 6 aromatic carbocycles. The Kier molecular flexibility index (Phi) is 5.58. The number of nitrogens with zero attached hydrogens (tertiary/aromatic N) is 1. The number of para-hydroxylation sites is 2. The van der Waals surface area contributed by atoms with E-state index >= 15 is 0 Å². The van der Waals surface area contributed by atoms with E-state index in [-0.39, 0.29) is 5.41 Å². The summed E-state index contributed by atoms with van der Waals surface area (Å²) < 4.78 is 0. The lowest BCUT2D eigenvalue weighted by atomic mass is 9.80. The Hall–Kier alpha value is -4.33. The molecule has 0 bridgehead atoms. The summed E-state index contributed by atoms with van der Waals surface area (Å²) in [5.74, 6) is 0. The van der Waals surface area contributed by atoms with E-state index in [0.717, 1.165) is 22.1 Å². The smallest absolute Gasteiger partial charge is 0.0462 e. The van der Waals surface area contributed by atoms with Crippen molar-refractivity contribution in [3.8, 4) is 22.3 Å². The molecule has 0 saturated carbocycles.